The van der Waals surface area contributed by atoms with Gasteiger partial charge < -0.3 is 14.8 Å². The van der Waals surface area contributed by atoms with Crippen LogP contribution in [0.1, 0.15) is 24.5 Å². The molecule has 0 aliphatic carbocycles. The van der Waals surface area contributed by atoms with Crippen molar-refractivity contribution in [2.75, 3.05) is 20.4 Å². The van der Waals surface area contributed by atoms with Crippen LogP contribution in [0.4, 0.5) is 0 Å². The molecule has 6 heteroatoms. The number of ether oxygens (including phenoxy) is 2. The molecule has 6 nitrogen and oxygen atoms in total. The number of nitrogens with zero attached hydrogens (tertiary/aromatic N) is 3. The Bertz CT molecular complexity index is 608. The third-order valence-corrected chi connectivity index (χ3v) is 3.86. The number of benzene rings is 1. The summed E-state index contributed by atoms with van der Waals surface area (Å²) >= 11 is 0. The van der Waals surface area contributed by atoms with Gasteiger partial charge in [0.25, 0.3) is 0 Å². The number of hydrogen-bond acceptors (Lipinski definition) is 6. The van der Waals surface area contributed by atoms with Gasteiger partial charge in [0.15, 0.2) is 6.73 Å². The fourth-order valence-corrected chi connectivity index (χ4v) is 2.70. The molecular weight excluding hydrogens is 268 g/mol. The van der Waals surface area contributed by atoms with Crippen LogP contribution in [0, 0.1) is 11.3 Å². The maximum absolute atomic E-state index is 9.03. The molecular formula is C15H18N4O2. The molecule has 0 unspecified atom stereocenters. The van der Waals surface area contributed by atoms with E-state index in [-0.39, 0.29) is 0 Å². The van der Waals surface area contributed by atoms with Crippen LogP contribution in [0.25, 0.3) is 0 Å². The summed E-state index contributed by atoms with van der Waals surface area (Å²) in [5, 5.41) is 19.0. The summed E-state index contributed by atoms with van der Waals surface area (Å²) in [6, 6.07) is 8.21. The van der Waals surface area contributed by atoms with Crippen molar-refractivity contribution < 1.29 is 9.47 Å². The first-order chi connectivity index (χ1) is 10.2. The van der Waals surface area contributed by atoms with Crippen molar-refractivity contribution in [3.8, 4) is 11.8 Å². The summed E-state index contributed by atoms with van der Waals surface area (Å²) in [4.78, 5) is 0. The van der Waals surface area contributed by atoms with E-state index in [1.54, 1.807) is 25.3 Å². The first kappa shape index (κ1) is 13.7. The highest BCUT2D eigenvalue weighted by Gasteiger charge is 2.30. The molecule has 0 radical (unpaired) electrons. The van der Waals surface area contributed by atoms with Crippen molar-refractivity contribution in [1.82, 2.24) is 10.3 Å². The van der Waals surface area contributed by atoms with Crippen LogP contribution in [0.15, 0.2) is 23.3 Å². The number of hydrazone groups is 1. The summed E-state index contributed by atoms with van der Waals surface area (Å²) in [6.07, 6.45) is 1.05. The van der Waals surface area contributed by atoms with Gasteiger partial charge >= 0.3 is 0 Å². The zero-order valence-corrected chi connectivity index (χ0v) is 12.2. The van der Waals surface area contributed by atoms with E-state index in [4.69, 9.17) is 14.7 Å². The van der Waals surface area contributed by atoms with Gasteiger partial charge in [0.1, 0.15) is 5.75 Å². The minimum atomic E-state index is 0.350. The van der Waals surface area contributed by atoms with Gasteiger partial charge in [0.05, 0.1) is 30.3 Å². The van der Waals surface area contributed by atoms with Gasteiger partial charge in [-0.05, 0) is 31.5 Å². The maximum atomic E-state index is 9.03. The molecule has 1 aromatic rings. The molecule has 110 valence electrons. The number of nitrogens with one attached hydrogen (secondary N) is 1. The van der Waals surface area contributed by atoms with Crippen molar-refractivity contribution in [2.24, 2.45) is 5.10 Å². The molecule has 1 aromatic carbocycles. The van der Waals surface area contributed by atoms with Crippen molar-refractivity contribution in [3.63, 3.8) is 0 Å². The van der Waals surface area contributed by atoms with E-state index >= 15 is 0 Å². The van der Waals surface area contributed by atoms with E-state index in [0.717, 1.165) is 18.5 Å². The van der Waals surface area contributed by atoms with Gasteiger partial charge in [-0.3, -0.25) is 5.01 Å². The van der Waals surface area contributed by atoms with Gasteiger partial charge in [0, 0.05) is 12.6 Å². The predicted octanol–water partition coefficient (Wildman–Crippen LogP) is 1.27. The van der Waals surface area contributed by atoms with Crippen LogP contribution in [-0.2, 0) is 4.74 Å². The largest absolute Gasteiger partial charge is 0.496 e. The zero-order chi connectivity index (χ0) is 14.8. The highest BCUT2D eigenvalue weighted by molar-refractivity contribution is 5.97. The zero-order valence-electron chi connectivity index (χ0n) is 12.2. The molecule has 2 aliphatic rings. The molecule has 1 N–H and O–H groups in total. The second-order valence-corrected chi connectivity index (χ2v) is 5.34. The molecule has 2 heterocycles. The normalized spacial score (nSPS) is 24.4. The van der Waals surface area contributed by atoms with Crippen LogP contribution >= 0.6 is 0 Å². The van der Waals surface area contributed by atoms with Crippen LogP contribution < -0.4 is 10.1 Å². The molecule has 1 fully saturated rings. The SMILES string of the molecule is COc1ccc(C#N)cc1C1=NN([C@H]2CN[C@H](C)C2)CO1. The Kier molecular flexibility index (Phi) is 3.67. The number of rotatable bonds is 3. The topological polar surface area (TPSA) is 69.9 Å². The van der Waals surface area contributed by atoms with E-state index in [0.29, 0.717) is 36.0 Å². The van der Waals surface area contributed by atoms with Crippen LogP contribution in [0.5, 0.6) is 5.75 Å². The second-order valence-electron chi connectivity index (χ2n) is 5.34. The minimum absolute atomic E-state index is 0.350. The minimum Gasteiger partial charge on any atom is -0.496 e. The van der Waals surface area contributed by atoms with E-state index in [1.807, 2.05) is 5.01 Å². The first-order valence-corrected chi connectivity index (χ1v) is 7.01. The molecule has 0 aromatic heterocycles. The lowest BCUT2D eigenvalue weighted by atomic mass is 10.1. The van der Waals surface area contributed by atoms with Crippen molar-refractivity contribution in [3.05, 3.63) is 29.3 Å². The summed E-state index contributed by atoms with van der Waals surface area (Å²) in [5.41, 5.74) is 1.28. The monoisotopic (exact) mass is 286 g/mol. The fraction of sp³-hybridized carbons (Fsp3) is 0.467. The highest BCUT2D eigenvalue weighted by Crippen LogP contribution is 2.25. The van der Waals surface area contributed by atoms with Gasteiger partial charge in [-0.1, -0.05) is 0 Å². The van der Waals surface area contributed by atoms with Crippen LogP contribution in [-0.4, -0.2) is 43.4 Å². The highest BCUT2D eigenvalue weighted by atomic mass is 16.5. The average Bonchev–Trinajstić information content (AvgIpc) is 3.15. The summed E-state index contributed by atoms with van der Waals surface area (Å²) in [7, 11) is 1.60. The fourth-order valence-electron chi connectivity index (χ4n) is 2.70. The third-order valence-electron chi connectivity index (χ3n) is 3.86. The number of hydrogen-bond donors (Lipinski definition) is 1. The third kappa shape index (κ3) is 2.65. The quantitative estimate of drug-likeness (QED) is 0.906. The molecule has 2 atom stereocenters. The Hall–Kier alpha value is -2.26. The lowest BCUT2D eigenvalue weighted by Gasteiger charge is -2.18. The van der Waals surface area contributed by atoms with E-state index in [1.165, 1.54) is 0 Å². The van der Waals surface area contributed by atoms with Gasteiger partial charge in [-0.15, -0.1) is 5.10 Å². The molecule has 21 heavy (non-hydrogen) atoms. The molecule has 0 saturated carbocycles. The summed E-state index contributed by atoms with van der Waals surface area (Å²) in [6.45, 7) is 3.52. The lowest BCUT2D eigenvalue weighted by Crippen LogP contribution is -2.31. The van der Waals surface area contributed by atoms with E-state index < -0.39 is 0 Å². The molecule has 2 aliphatic heterocycles. The molecule has 0 bridgehead atoms. The molecule has 1 saturated heterocycles. The summed E-state index contributed by atoms with van der Waals surface area (Å²) in [5.74, 6) is 1.18. The lowest BCUT2D eigenvalue weighted by molar-refractivity contribution is 0.129. The Labute approximate surface area is 123 Å². The van der Waals surface area contributed by atoms with Gasteiger partial charge in [0.2, 0.25) is 5.90 Å². The van der Waals surface area contributed by atoms with Crippen LogP contribution in [0.2, 0.25) is 0 Å². The average molecular weight is 286 g/mol. The molecule has 0 amide bonds. The Balaban J connectivity index is 1.86. The van der Waals surface area contributed by atoms with Crippen molar-refractivity contribution in [2.45, 2.75) is 25.4 Å². The first-order valence-electron chi connectivity index (χ1n) is 7.01. The molecule has 3 rings (SSSR count). The Morgan fingerprint density at radius 2 is 2.38 bits per heavy atom. The predicted molar refractivity (Wildman–Crippen MR) is 77.9 cm³/mol. The van der Waals surface area contributed by atoms with Crippen LogP contribution in [0.3, 0.4) is 0 Å². The number of methoxy groups -OCH3 is 1. The maximum Gasteiger partial charge on any atom is 0.243 e. The standard InChI is InChI=1S/C15H18N4O2/c1-10-5-12(8-17-10)19-9-21-15(18-19)13-6-11(7-16)3-4-14(13)20-2/h3-4,6,10,12,17H,5,8-9H2,1-2H3/t10-,12-/m1/s1. The summed E-state index contributed by atoms with van der Waals surface area (Å²) < 4.78 is 11.0. The molecule has 0 spiro atoms. The Morgan fingerprint density at radius 1 is 1.52 bits per heavy atom. The van der Waals surface area contributed by atoms with Crippen molar-refractivity contribution in [1.29, 1.82) is 5.26 Å². The smallest absolute Gasteiger partial charge is 0.243 e. The van der Waals surface area contributed by atoms with Crippen molar-refractivity contribution >= 4 is 5.90 Å². The van der Waals surface area contributed by atoms with E-state index in [2.05, 4.69) is 23.4 Å². The Morgan fingerprint density at radius 3 is 3.05 bits per heavy atom. The van der Waals surface area contributed by atoms with Gasteiger partial charge in [-0.25, -0.2) is 0 Å². The number of nitriles is 1. The van der Waals surface area contributed by atoms with Gasteiger partial charge in [-0.2, -0.15) is 5.26 Å². The van der Waals surface area contributed by atoms with E-state index in [9.17, 15) is 0 Å². The second kappa shape index (κ2) is 5.62.